The number of Topliss-reactive ketones (excluding diaryl/α,β-unsaturated/α-hetero) is 1. The number of nitrogens with zero attached hydrogens (tertiary/aromatic N) is 1. The highest BCUT2D eigenvalue weighted by atomic mass is 16.7. The number of fused-ring (bicyclic) bond motifs is 3. The molecule has 2 aromatic carbocycles. The van der Waals surface area contributed by atoms with Gasteiger partial charge in [0.05, 0.1) is 48.3 Å². The number of rotatable bonds is 9. The van der Waals surface area contributed by atoms with Crippen LogP contribution in [0.25, 0.3) is 0 Å². The van der Waals surface area contributed by atoms with Gasteiger partial charge in [0.25, 0.3) is 0 Å². The fourth-order valence-electron chi connectivity index (χ4n) is 9.28. The van der Waals surface area contributed by atoms with Crippen LogP contribution in [-0.4, -0.2) is 137 Å². The topological polar surface area (TPSA) is 217 Å². The van der Waals surface area contributed by atoms with Crippen LogP contribution in [0.5, 0.6) is 11.5 Å². The van der Waals surface area contributed by atoms with Gasteiger partial charge in [0.1, 0.15) is 35.7 Å². The molecule has 0 unspecified atom stereocenters. The van der Waals surface area contributed by atoms with E-state index in [9.17, 15) is 39.6 Å². The quantitative estimate of drug-likeness (QED) is 0.180. The molecular formula is C42H53NO15. The predicted molar refractivity (Wildman–Crippen MR) is 201 cm³/mol. The Morgan fingerprint density at radius 3 is 1.97 bits per heavy atom. The summed E-state index contributed by atoms with van der Waals surface area (Å²) >= 11 is 0. The summed E-state index contributed by atoms with van der Waals surface area (Å²) in [5.41, 5.74) is -3.11. The second-order valence-electron chi connectivity index (χ2n) is 16.2. The van der Waals surface area contributed by atoms with Crippen molar-refractivity contribution in [1.82, 2.24) is 4.90 Å². The summed E-state index contributed by atoms with van der Waals surface area (Å²) in [6, 6.07) is 5.69. The highest BCUT2D eigenvalue weighted by Crippen LogP contribution is 2.57. The van der Waals surface area contributed by atoms with Gasteiger partial charge in [0.15, 0.2) is 36.2 Å². The summed E-state index contributed by atoms with van der Waals surface area (Å²) in [5, 5.41) is 47.2. The molecule has 0 aromatic heterocycles. The molecule has 5 aliphatic rings. The van der Waals surface area contributed by atoms with Gasteiger partial charge in [-0.15, -0.1) is 0 Å². The van der Waals surface area contributed by atoms with Crippen molar-refractivity contribution in [1.29, 1.82) is 0 Å². The standard InChI is InChI=1S/C42H53NO15/c1-8-42(51)17-26(30-31(34(42)41(50)52-7)38(49)33-32(37(30)48)35(46)21-11-9-10-12-22(21)36(33)47)56-28-15-23(43(5)6)39(19(3)54-28)58-29-16-25(45)40(20(4)55-29)57-27-14-13-24(44)18(2)53-27/h9-12,18-20,23,25-29,34,39-40,45,48-49,51H,8,13-17H2,1-7H3/t18-,19-,20-,23-,25-,26-,27+,28+,29-,34-,39+,40-,42+/m0/s1. The minimum absolute atomic E-state index is 0.00332. The van der Waals surface area contributed by atoms with Crippen LogP contribution in [0.3, 0.4) is 0 Å². The molecule has 2 aliphatic carbocycles. The molecule has 0 bridgehead atoms. The van der Waals surface area contributed by atoms with E-state index in [0.717, 1.165) is 7.11 Å². The number of methoxy groups -OCH3 is 1. The zero-order chi connectivity index (χ0) is 42.0. The van der Waals surface area contributed by atoms with E-state index in [-0.39, 0.29) is 59.8 Å². The molecule has 0 spiro atoms. The van der Waals surface area contributed by atoms with Crippen LogP contribution in [0.15, 0.2) is 24.3 Å². The zero-order valence-corrected chi connectivity index (χ0v) is 33.7. The molecule has 7 rings (SSSR count). The maximum absolute atomic E-state index is 13.9. The maximum Gasteiger partial charge on any atom is 0.316 e. The van der Waals surface area contributed by atoms with E-state index >= 15 is 0 Å². The van der Waals surface area contributed by atoms with Crippen LogP contribution >= 0.6 is 0 Å². The molecular weight excluding hydrogens is 758 g/mol. The lowest BCUT2D eigenvalue weighted by Crippen LogP contribution is -2.58. The number of carbonyl (C=O) groups excluding carboxylic acids is 4. The van der Waals surface area contributed by atoms with Gasteiger partial charge in [-0.3, -0.25) is 19.2 Å². The third-order valence-corrected chi connectivity index (χ3v) is 12.4. The molecule has 316 valence electrons. The first kappa shape index (κ1) is 42.3. The molecule has 13 atom stereocenters. The predicted octanol–water partition coefficient (Wildman–Crippen LogP) is 3.16. The molecule has 16 nitrogen and oxygen atoms in total. The van der Waals surface area contributed by atoms with Crippen molar-refractivity contribution in [3.63, 3.8) is 0 Å². The first-order valence-corrected chi connectivity index (χ1v) is 19.9. The van der Waals surface area contributed by atoms with Crippen molar-refractivity contribution in [3.05, 3.63) is 57.6 Å². The maximum atomic E-state index is 13.9. The molecule has 0 amide bonds. The van der Waals surface area contributed by atoms with E-state index in [1.807, 2.05) is 19.0 Å². The van der Waals surface area contributed by atoms with Gasteiger partial charge >= 0.3 is 5.97 Å². The molecule has 0 saturated carbocycles. The fraction of sp³-hybridized carbons (Fsp3) is 0.619. The molecule has 16 heteroatoms. The number of hydrogen-bond donors (Lipinski definition) is 4. The molecule has 4 N–H and O–H groups in total. The second-order valence-corrected chi connectivity index (χ2v) is 16.2. The number of benzene rings is 2. The SMILES string of the molecule is CC[C@@]1(O)C[C@H](O[C@@H]2C[C@H](N(C)C)[C@H](O[C@H]3C[C@H](O)[C@@H](O[C@@H]4CCC(=O)[C@H](C)O4)[C@H](C)O3)[C@H](C)O2)c2c(O)c3c(c(O)c2[C@H]1C(=O)OC)C(=O)c1ccccc1C3=O. The Labute approximate surface area is 336 Å². The molecule has 2 aromatic rings. The lowest BCUT2D eigenvalue weighted by molar-refractivity contribution is -0.324. The van der Waals surface area contributed by atoms with Gasteiger partial charge in [0.2, 0.25) is 0 Å². The van der Waals surface area contributed by atoms with Crippen LogP contribution < -0.4 is 0 Å². The summed E-state index contributed by atoms with van der Waals surface area (Å²) in [5.74, 6) is -5.26. The average Bonchev–Trinajstić information content (AvgIpc) is 3.18. The Balaban J connectivity index is 1.14. The minimum atomic E-state index is -1.88. The van der Waals surface area contributed by atoms with Crippen LogP contribution in [0, 0.1) is 0 Å². The summed E-state index contributed by atoms with van der Waals surface area (Å²) in [6.45, 7) is 6.88. The Morgan fingerprint density at radius 1 is 0.845 bits per heavy atom. The number of hydrogen-bond acceptors (Lipinski definition) is 16. The number of phenolic OH excluding ortho intramolecular Hbond substituents is 2. The summed E-state index contributed by atoms with van der Waals surface area (Å²) in [7, 11) is 4.84. The van der Waals surface area contributed by atoms with E-state index in [1.165, 1.54) is 12.1 Å². The van der Waals surface area contributed by atoms with Crippen LogP contribution in [-0.2, 0) is 42.7 Å². The highest BCUT2D eigenvalue weighted by Gasteiger charge is 2.55. The molecule has 58 heavy (non-hydrogen) atoms. The monoisotopic (exact) mass is 811 g/mol. The molecule has 3 heterocycles. The Morgan fingerprint density at radius 2 is 1.41 bits per heavy atom. The number of esters is 1. The molecule has 3 saturated heterocycles. The van der Waals surface area contributed by atoms with Gasteiger partial charge in [-0.1, -0.05) is 31.2 Å². The summed E-state index contributed by atoms with van der Waals surface area (Å²) in [4.78, 5) is 55.0. The number of likely N-dealkylation sites (N-methyl/N-ethyl adjacent to an activating group) is 1. The number of ether oxygens (including phenoxy) is 7. The van der Waals surface area contributed by atoms with E-state index < -0.39 is 113 Å². The van der Waals surface area contributed by atoms with Gasteiger partial charge < -0.3 is 58.5 Å². The van der Waals surface area contributed by atoms with Gasteiger partial charge in [0, 0.05) is 60.4 Å². The van der Waals surface area contributed by atoms with E-state index in [4.69, 9.17) is 33.2 Å². The van der Waals surface area contributed by atoms with Crippen molar-refractivity contribution in [2.24, 2.45) is 0 Å². The molecule has 3 fully saturated rings. The largest absolute Gasteiger partial charge is 0.507 e. The summed E-state index contributed by atoms with van der Waals surface area (Å²) in [6.07, 6.45) is -7.05. The summed E-state index contributed by atoms with van der Waals surface area (Å²) < 4.78 is 42.5. The van der Waals surface area contributed by atoms with E-state index in [1.54, 1.807) is 39.8 Å². The number of aliphatic hydroxyl groups is 2. The minimum Gasteiger partial charge on any atom is -0.507 e. The Hall–Kier alpha value is -3.84. The molecule has 3 aliphatic heterocycles. The van der Waals surface area contributed by atoms with Crippen LogP contribution in [0.4, 0.5) is 0 Å². The van der Waals surface area contributed by atoms with Gasteiger partial charge in [-0.05, 0) is 41.3 Å². The fourth-order valence-corrected chi connectivity index (χ4v) is 9.28. The van der Waals surface area contributed by atoms with Crippen LogP contribution in [0.2, 0.25) is 0 Å². The number of carbonyl (C=O) groups is 4. The number of aliphatic hydroxyl groups excluding tert-OH is 1. The third-order valence-electron chi connectivity index (χ3n) is 12.4. The normalized spacial score (nSPS) is 36.3. The molecule has 0 radical (unpaired) electrons. The Kier molecular flexibility index (Phi) is 11.9. The number of ketones is 3. The smallest absolute Gasteiger partial charge is 0.316 e. The van der Waals surface area contributed by atoms with E-state index in [2.05, 4.69) is 0 Å². The van der Waals surface area contributed by atoms with Gasteiger partial charge in [-0.2, -0.15) is 0 Å². The van der Waals surface area contributed by atoms with Crippen molar-refractivity contribution in [3.8, 4) is 11.5 Å². The number of phenols is 2. The van der Waals surface area contributed by atoms with Crippen molar-refractivity contribution in [2.75, 3.05) is 21.2 Å². The number of aromatic hydroxyl groups is 2. The first-order valence-electron chi connectivity index (χ1n) is 19.9. The van der Waals surface area contributed by atoms with E-state index in [0.29, 0.717) is 12.8 Å². The van der Waals surface area contributed by atoms with Crippen LogP contribution in [0.1, 0.15) is 121 Å². The lowest BCUT2D eigenvalue weighted by atomic mass is 9.66. The zero-order valence-electron chi connectivity index (χ0n) is 33.7. The van der Waals surface area contributed by atoms with Crippen molar-refractivity contribution >= 4 is 23.3 Å². The third kappa shape index (κ3) is 7.36. The lowest BCUT2D eigenvalue weighted by Gasteiger charge is -2.48. The van der Waals surface area contributed by atoms with Gasteiger partial charge in [-0.25, -0.2) is 0 Å². The average molecular weight is 812 g/mol. The Bertz CT molecular complexity index is 1940. The van der Waals surface area contributed by atoms with Crippen molar-refractivity contribution < 1.29 is 72.8 Å². The first-order chi connectivity index (χ1) is 27.5. The highest BCUT2D eigenvalue weighted by molar-refractivity contribution is 6.30. The second kappa shape index (κ2) is 16.3. The van der Waals surface area contributed by atoms with Crippen molar-refractivity contribution in [2.45, 2.75) is 145 Å².